The molecule has 0 heterocycles. The van der Waals surface area contributed by atoms with Gasteiger partial charge in [0.2, 0.25) is 0 Å². The van der Waals surface area contributed by atoms with Crippen molar-refractivity contribution in [2.45, 2.75) is 6.42 Å². The molecule has 0 unspecified atom stereocenters. The van der Waals surface area contributed by atoms with Gasteiger partial charge in [-0.1, -0.05) is 78.9 Å². The second-order valence-electron chi connectivity index (χ2n) is 5.53. The van der Waals surface area contributed by atoms with Gasteiger partial charge in [-0.2, -0.15) is 0 Å². The van der Waals surface area contributed by atoms with Gasteiger partial charge in [0.05, 0.1) is 5.69 Å². The number of anilines is 1. The number of carbonyl (C=O) groups is 1. The summed E-state index contributed by atoms with van der Waals surface area (Å²) in [7, 11) is 0. The third-order valence-electron chi connectivity index (χ3n) is 3.80. The summed E-state index contributed by atoms with van der Waals surface area (Å²) in [6, 6.07) is 27.8. The van der Waals surface area contributed by atoms with Crippen LogP contribution in [-0.2, 0) is 6.42 Å². The predicted octanol–water partition coefficient (Wildman–Crippen LogP) is 4.72. The molecule has 0 bridgehead atoms. The summed E-state index contributed by atoms with van der Waals surface area (Å²) in [5.41, 5.74) is 4.11. The van der Waals surface area contributed by atoms with Crippen LogP contribution in [0.1, 0.15) is 5.56 Å². The van der Waals surface area contributed by atoms with Crippen molar-refractivity contribution in [1.29, 1.82) is 0 Å². The second kappa shape index (κ2) is 7.97. The third kappa shape index (κ3) is 4.23. The number of carbonyl (C=O) groups excluding carboxylic acids is 1. The monoisotopic (exact) mass is 316 g/mol. The first kappa shape index (κ1) is 15.8. The Morgan fingerprint density at radius 2 is 1.38 bits per heavy atom. The first-order valence-electron chi connectivity index (χ1n) is 8.06. The highest BCUT2D eigenvalue weighted by Gasteiger charge is 2.07. The number of hydrogen-bond acceptors (Lipinski definition) is 1. The molecule has 3 rings (SSSR count). The topological polar surface area (TPSA) is 41.1 Å². The summed E-state index contributed by atoms with van der Waals surface area (Å²) < 4.78 is 0. The lowest BCUT2D eigenvalue weighted by molar-refractivity contribution is 0.252. The molecule has 3 heteroatoms. The van der Waals surface area contributed by atoms with Gasteiger partial charge in [-0.05, 0) is 23.6 Å². The van der Waals surface area contributed by atoms with Crippen LogP contribution < -0.4 is 10.6 Å². The number of nitrogens with one attached hydrogen (secondary N) is 2. The lowest BCUT2D eigenvalue weighted by Crippen LogP contribution is -2.30. The van der Waals surface area contributed by atoms with Crippen LogP contribution in [0.2, 0.25) is 0 Å². The van der Waals surface area contributed by atoms with E-state index >= 15 is 0 Å². The van der Waals surface area contributed by atoms with E-state index in [0.717, 1.165) is 23.2 Å². The quantitative estimate of drug-likeness (QED) is 0.702. The molecule has 0 spiro atoms. The molecule has 3 aromatic carbocycles. The summed E-state index contributed by atoms with van der Waals surface area (Å²) in [6.07, 6.45) is 0.814. The Balaban J connectivity index is 1.61. The molecule has 3 aromatic rings. The molecule has 0 saturated heterocycles. The zero-order valence-electron chi connectivity index (χ0n) is 13.4. The van der Waals surface area contributed by atoms with Crippen molar-refractivity contribution in [3.63, 3.8) is 0 Å². The average molecular weight is 316 g/mol. The first-order chi connectivity index (χ1) is 11.8. The maximum Gasteiger partial charge on any atom is 0.319 e. The van der Waals surface area contributed by atoms with Gasteiger partial charge in [-0.3, -0.25) is 0 Å². The number of rotatable bonds is 5. The highest BCUT2D eigenvalue weighted by atomic mass is 16.2. The van der Waals surface area contributed by atoms with Crippen LogP contribution in [0, 0.1) is 0 Å². The van der Waals surface area contributed by atoms with Crippen LogP contribution in [0.25, 0.3) is 11.1 Å². The van der Waals surface area contributed by atoms with E-state index in [0.29, 0.717) is 6.54 Å². The van der Waals surface area contributed by atoms with Crippen LogP contribution >= 0.6 is 0 Å². The van der Waals surface area contributed by atoms with Gasteiger partial charge in [0, 0.05) is 12.1 Å². The summed E-state index contributed by atoms with van der Waals surface area (Å²) in [5.74, 6) is 0. The summed E-state index contributed by atoms with van der Waals surface area (Å²) >= 11 is 0. The van der Waals surface area contributed by atoms with Gasteiger partial charge in [-0.25, -0.2) is 4.79 Å². The second-order valence-corrected chi connectivity index (χ2v) is 5.53. The van der Waals surface area contributed by atoms with Crippen LogP contribution in [-0.4, -0.2) is 12.6 Å². The van der Waals surface area contributed by atoms with Gasteiger partial charge in [0.25, 0.3) is 0 Å². The smallest absolute Gasteiger partial charge is 0.319 e. The predicted molar refractivity (Wildman–Crippen MR) is 99.0 cm³/mol. The molecule has 0 fully saturated rings. The van der Waals surface area contributed by atoms with Crippen molar-refractivity contribution in [2.24, 2.45) is 0 Å². The van der Waals surface area contributed by atoms with Crippen molar-refractivity contribution in [3.05, 3.63) is 90.5 Å². The number of hydrogen-bond donors (Lipinski definition) is 2. The van der Waals surface area contributed by atoms with E-state index in [4.69, 9.17) is 0 Å². The molecule has 2 amide bonds. The fourth-order valence-electron chi connectivity index (χ4n) is 2.59. The molecule has 0 radical (unpaired) electrons. The Bertz CT molecular complexity index is 785. The number of amides is 2. The average Bonchev–Trinajstić information content (AvgIpc) is 2.64. The molecule has 0 aliphatic heterocycles. The van der Waals surface area contributed by atoms with Crippen LogP contribution in [0.3, 0.4) is 0 Å². The number of para-hydroxylation sites is 1. The molecule has 0 atom stereocenters. The molecule has 2 N–H and O–H groups in total. The highest BCUT2D eigenvalue weighted by molar-refractivity contribution is 5.94. The minimum absolute atomic E-state index is 0.186. The van der Waals surface area contributed by atoms with Crippen molar-refractivity contribution < 1.29 is 4.79 Å². The highest BCUT2D eigenvalue weighted by Crippen LogP contribution is 2.27. The third-order valence-corrected chi connectivity index (χ3v) is 3.80. The van der Waals surface area contributed by atoms with E-state index < -0.39 is 0 Å². The lowest BCUT2D eigenvalue weighted by Gasteiger charge is -2.12. The molecule has 120 valence electrons. The van der Waals surface area contributed by atoms with E-state index in [1.807, 2.05) is 72.8 Å². The maximum atomic E-state index is 12.2. The molecule has 0 aliphatic rings. The van der Waals surface area contributed by atoms with E-state index in [-0.39, 0.29) is 6.03 Å². The van der Waals surface area contributed by atoms with Crippen LogP contribution in [0.5, 0.6) is 0 Å². The Labute approximate surface area is 142 Å². The molecule has 0 aromatic heterocycles. The zero-order chi connectivity index (χ0) is 16.6. The van der Waals surface area contributed by atoms with E-state index in [2.05, 4.69) is 22.8 Å². The maximum absolute atomic E-state index is 12.2. The Kier molecular flexibility index (Phi) is 5.25. The van der Waals surface area contributed by atoms with Gasteiger partial charge < -0.3 is 10.6 Å². The molecular formula is C21H20N2O. The van der Waals surface area contributed by atoms with Gasteiger partial charge >= 0.3 is 6.03 Å². The Hall–Kier alpha value is -3.07. The Morgan fingerprint density at radius 3 is 2.12 bits per heavy atom. The SMILES string of the molecule is O=C(NCCc1ccccc1)Nc1ccccc1-c1ccccc1. The molecule has 3 nitrogen and oxygen atoms in total. The Morgan fingerprint density at radius 1 is 0.750 bits per heavy atom. The van der Waals surface area contributed by atoms with E-state index in [9.17, 15) is 4.79 Å². The van der Waals surface area contributed by atoms with Gasteiger partial charge in [0.15, 0.2) is 0 Å². The van der Waals surface area contributed by atoms with Crippen molar-refractivity contribution in [1.82, 2.24) is 5.32 Å². The molecule has 0 saturated carbocycles. The van der Waals surface area contributed by atoms with Gasteiger partial charge in [0.1, 0.15) is 0 Å². The van der Waals surface area contributed by atoms with Crippen LogP contribution in [0.4, 0.5) is 10.5 Å². The fraction of sp³-hybridized carbons (Fsp3) is 0.0952. The zero-order valence-corrected chi connectivity index (χ0v) is 13.4. The molecule has 0 aliphatic carbocycles. The van der Waals surface area contributed by atoms with E-state index in [1.165, 1.54) is 5.56 Å². The first-order valence-corrected chi connectivity index (χ1v) is 8.06. The van der Waals surface area contributed by atoms with E-state index in [1.54, 1.807) is 0 Å². The normalized spacial score (nSPS) is 10.2. The van der Waals surface area contributed by atoms with Crippen LogP contribution in [0.15, 0.2) is 84.9 Å². The fourth-order valence-corrected chi connectivity index (χ4v) is 2.59. The number of urea groups is 1. The largest absolute Gasteiger partial charge is 0.338 e. The summed E-state index contributed by atoms with van der Waals surface area (Å²) in [6.45, 7) is 0.601. The summed E-state index contributed by atoms with van der Waals surface area (Å²) in [5, 5.41) is 5.85. The minimum Gasteiger partial charge on any atom is -0.338 e. The number of benzene rings is 3. The standard InChI is InChI=1S/C21H20N2O/c24-21(22-16-15-17-9-3-1-4-10-17)23-20-14-8-7-13-19(20)18-11-5-2-6-12-18/h1-14H,15-16H2,(H2,22,23,24). The minimum atomic E-state index is -0.186. The molecule has 24 heavy (non-hydrogen) atoms. The van der Waals surface area contributed by atoms with Crippen molar-refractivity contribution >= 4 is 11.7 Å². The summed E-state index contributed by atoms with van der Waals surface area (Å²) in [4.78, 5) is 12.2. The van der Waals surface area contributed by atoms with Gasteiger partial charge in [-0.15, -0.1) is 0 Å². The van der Waals surface area contributed by atoms with Crippen molar-refractivity contribution in [2.75, 3.05) is 11.9 Å². The van der Waals surface area contributed by atoms with Crippen molar-refractivity contribution in [3.8, 4) is 11.1 Å². The molecular weight excluding hydrogens is 296 g/mol. The lowest BCUT2D eigenvalue weighted by atomic mass is 10.0.